The van der Waals surface area contributed by atoms with Gasteiger partial charge in [-0.3, -0.25) is 9.59 Å². The van der Waals surface area contributed by atoms with E-state index < -0.39 is 12.0 Å². The van der Waals surface area contributed by atoms with Crippen LogP contribution in [0, 0.1) is 0 Å². The Hall–Kier alpha value is -1.43. The number of rotatable bonds is 5. The predicted molar refractivity (Wildman–Crippen MR) is 65.0 cm³/mol. The van der Waals surface area contributed by atoms with Gasteiger partial charge in [-0.25, -0.2) is 4.98 Å². The number of hydrogen-bond acceptors (Lipinski definition) is 4. The van der Waals surface area contributed by atoms with E-state index in [4.69, 9.17) is 5.11 Å². The van der Waals surface area contributed by atoms with Gasteiger partial charge in [0.2, 0.25) is 6.41 Å². The zero-order valence-corrected chi connectivity index (χ0v) is 10.9. The summed E-state index contributed by atoms with van der Waals surface area (Å²) in [7, 11) is 0. The van der Waals surface area contributed by atoms with Gasteiger partial charge in [-0.2, -0.15) is 0 Å². The van der Waals surface area contributed by atoms with Crippen LogP contribution in [0.1, 0.15) is 43.9 Å². The lowest BCUT2D eigenvalue weighted by molar-refractivity contribution is -0.137. The number of carbonyl (C=O) groups excluding carboxylic acids is 1. The highest BCUT2D eigenvalue weighted by Crippen LogP contribution is 2.28. The maximum absolute atomic E-state index is 10.7. The van der Waals surface area contributed by atoms with Crippen LogP contribution in [-0.4, -0.2) is 22.5 Å². The number of nitrogens with zero attached hydrogens (tertiary/aromatic N) is 1. The second kappa shape index (κ2) is 5.27. The first-order valence-corrected chi connectivity index (χ1v) is 6.10. The smallest absolute Gasteiger partial charge is 0.305 e. The van der Waals surface area contributed by atoms with Gasteiger partial charge in [-0.05, 0) is 0 Å². The predicted octanol–water partition coefficient (Wildman–Crippen LogP) is 1.70. The number of amides is 1. The van der Waals surface area contributed by atoms with Crippen LogP contribution in [0.25, 0.3) is 0 Å². The molecule has 1 rings (SSSR count). The third-order valence-corrected chi connectivity index (χ3v) is 3.45. The molecule has 0 aliphatic heterocycles. The summed E-state index contributed by atoms with van der Waals surface area (Å²) in [6, 6.07) is -0.558. The average molecular weight is 256 g/mol. The van der Waals surface area contributed by atoms with Crippen molar-refractivity contribution in [3.8, 4) is 0 Å². The molecule has 0 aliphatic carbocycles. The molecule has 2 N–H and O–H groups in total. The standard InChI is InChI=1S/C11H16N2O3S/c1-11(2,3)10-13-8(5-17-10)7(12-6-14)4-9(15)16/h5-7H,4H2,1-3H3,(H,12,14)(H,15,16). The summed E-state index contributed by atoms with van der Waals surface area (Å²) < 4.78 is 0. The van der Waals surface area contributed by atoms with E-state index in [1.165, 1.54) is 11.3 Å². The Bertz CT molecular complexity index is 409. The Kier molecular flexibility index (Phi) is 4.22. The first-order valence-electron chi connectivity index (χ1n) is 5.22. The van der Waals surface area contributed by atoms with E-state index in [1.807, 2.05) is 20.8 Å². The molecule has 5 nitrogen and oxygen atoms in total. The lowest BCUT2D eigenvalue weighted by Gasteiger charge is -2.15. The second-order valence-corrected chi connectivity index (χ2v) is 5.62. The van der Waals surface area contributed by atoms with E-state index in [2.05, 4.69) is 10.3 Å². The molecule has 0 aliphatic rings. The fourth-order valence-electron chi connectivity index (χ4n) is 1.30. The first kappa shape index (κ1) is 13.6. The molecule has 17 heavy (non-hydrogen) atoms. The van der Waals surface area contributed by atoms with Crippen molar-refractivity contribution in [3.05, 3.63) is 16.1 Å². The highest BCUT2D eigenvalue weighted by Gasteiger charge is 2.22. The number of hydrogen-bond donors (Lipinski definition) is 2. The zero-order chi connectivity index (χ0) is 13.1. The number of carboxylic acids is 1. The molecule has 0 fully saturated rings. The Morgan fingerprint density at radius 2 is 2.29 bits per heavy atom. The summed E-state index contributed by atoms with van der Waals surface area (Å²) in [6.45, 7) is 6.11. The van der Waals surface area contributed by atoms with Crippen molar-refractivity contribution in [1.82, 2.24) is 10.3 Å². The summed E-state index contributed by atoms with van der Waals surface area (Å²) in [5.74, 6) is -0.963. The van der Waals surface area contributed by atoms with E-state index in [0.29, 0.717) is 12.1 Å². The van der Waals surface area contributed by atoms with Gasteiger partial charge in [0.15, 0.2) is 0 Å². The maximum Gasteiger partial charge on any atom is 0.305 e. The quantitative estimate of drug-likeness (QED) is 0.786. The van der Waals surface area contributed by atoms with Gasteiger partial charge in [0.1, 0.15) is 0 Å². The third kappa shape index (κ3) is 3.81. The van der Waals surface area contributed by atoms with Crippen LogP contribution in [0.4, 0.5) is 0 Å². The molecular formula is C11H16N2O3S. The van der Waals surface area contributed by atoms with E-state index in [0.717, 1.165) is 5.01 Å². The lowest BCUT2D eigenvalue weighted by Crippen LogP contribution is -2.23. The molecule has 1 aromatic heterocycles. The molecule has 6 heteroatoms. The van der Waals surface area contributed by atoms with Crippen LogP contribution >= 0.6 is 11.3 Å². The fraction of sp³-hybridized carbons (Fsp3) is 0.545. The second-order valence-electron chi connectivity index (χ2n) is 4.76. The topological polar surface area (TPSA) is 79.3 Å². The minimum absolute atomic E-state index is 0.0716. The Morgan fingerprint density at radius 1 is 1.65 bits per heavy atom. The number of carbonyl (C=O) groups is 2. The summed E-state index contributed by atoms with van der Waals surface area (Å²) in [5, 5.41) is 14.0. The summed E-state index contributed by atoms with van der Waals surface area (Å²) in [6.07, 6.45) is 0.343. The monoisotopic (exact) mass is 256 g/mol. The lowest BCUT2D eigenvalue weighted by atomic mass is 9.98. The van der Waals surface area contributed by atoms with Gasteiger partial charge in [0.25, 0.3) is 0 Å². The first-order chi connectivity index (χ1) is 7.84. The largest absolute Gasteiger partial charge is 0.481 e. The maximum atomic E-state index is 10.7. The van der Waals surface area contributed by atoms with E-state index >= 15 is 0 Å². The highest BCUT2D eigenvalue weighted by atomic mass is 32.1. The summed E-state index contributed by atoms with van der Waals surface area (Å²) >= 11 is 1.48. The van der Waals surface area contributed by atoms with Gasteiger partial charge in [-0.1, -0.05) is 20.8 Å². The van der Waals surface area contributed by atoms with Crippen LogP contribution in [0.15, 0.2) is 5.38 Å². The molecule has 1 aromatic rings. The van der Waals surface area contributed by atoms with Gasteiger partial charge in [-0.15, -0.1) is 11.3 Å². The molecule has 0 radical (unpaired) electrons. The molecule has 94 valence electrons. The Morgan fingerprint density at radius 3 is 2.71 bits per heavy atom. The fourth-order valence-corrected chi connectivity index (χ4v) is 2.26. The average Bonchev–Trinajstić information content (AvgIpc) is 2.64. The Labute approximate surface area is 104 Å². The van der Waals surface area contributed by atoms with Crippen LogP contribution in [0.3, 0.4) is 0 Å². The van der Waals surface area contributed by atoms with Gasteiger partial charge >= 0.3 is 5.97 Å². The normalized spacial score (nSPS) is 13.1. The minimum atomic E-state index is -0.963. The van der Waals surface area contributed by atoms with Crippen LogP contribution in [0.5, 0.6) is 0 Å². The van der Waals surface area contributed by atoms with Crippen LogP contribution in [0.2, 0.25) is 0 Å². The third-order valence-electron chi connectivity index (χ3n) is 2.17. The molecule has 0 spiro atoms. The SMILES string of the molecule is CC(C)(C)c1nc(C(CC(=O)O)NC=O)cs1. The number of carboxylic acid groups (broad SMARTS) is 1. The van der Waals surface area contributed by atoms with Crippen molar-refractivity contribution in [2.24, 2.45) is 0 Å². The van der Waals surface area contributed by atoms with Gasteiger partial charge < -0.3 is 10.4 Å². The summed E-state index contributed by atoms with van der Waals surface area (Å²) in [4.78, 5) is 25.5. The Balaban J connectivity index is 2.91. The number of thiazole rings is 1. The highest BCUT2D eigenvalue weighted by molar-refractivity contribution is 7.09. The molecule has 0 aromatic carbocycles. The minimum Gasteiger partial charge on any atom is -0.481 e. The van der Waals surface area contributed by atoms with Gasteiger partial charge in [0.05, 0.1) is 23.2 Å². The van der Waals surface area contributed by atoms with Crippen molar-refractivity contribution in [1.29, 1.82) is 0 Å². The van der Waals surface area contributed by atoms with Crippen molar-refractivity contribution < 1.29 is 14.7 Å². The zero-order valence-electron chi connectivity index (χ0n) is 10.1. The van der Waals surface area contributed by atoms with Crippen molar-refractivity contribution in [2.75, 3.05) is 0 Å². The number of aromatic nitrogens is 1. The molecule has 0 saturated heterocycles. The van der Waals surface area contributed by atoms with Gasteiger partial charge in [0, 0.05) is 10.8 Å². The molecule has 0 bridgehead atoms. The van der Waals surface area contributed by atoms with Crippen LogP contribution in [-0.2, 0) is 15.0 Å². The molecule has 0 saturated carbocycles. The summed E-state index contributed by atoms with van der Waals surface area (Å²) in [5.41, 5.74) is 0.534. The molecule has 1 atom stereocenters. The molecule has 1 heterocycles. The van der Waals surface area contributed by atoms with E-state index in [1.54, 1.807) is 5.38 Å². The van der Waals surface area contributed by atoms with Crippen molar-refractivity contribution >= 4 is 23.7 Å². The number of aliphatic carboxylic acids is 1. The molecular weight excluding hydrogens is 240 g/mol. The van der Waals surface area contributed by atoms with Crippen LogP contribution < -0.4 is 5.32 Å². The molecule has 1 unspecified atom stereocenters. The van der Waals surface area contributed by atoms with Crippen molar-refractivity contribution in [3.63, 3.8) is 0 Å². The number of nitrogens with one attached hydrogen (secondary N) is 1. The van der Waals surface area contributed by atoms with E-state index in [9.17, 15) is 9.59 Å². The van der Waals surface area contributed by atoms with Crippen molar-refractivity contribution in [2.45, 2.75) is 38.6 Å². The van der Waals surface area contributed by atoms with E-state index in [-0.39, 0.29) is 11.8 Å². The molecule has 1 amide bonds.